The first-order chi connectivity index (χ1) is 38.5. The Morgan fingerprint density at radius 2 is 0.525 bits per heavy atom. The van der Waals surface area contributed by atoms with Crippen molar-refractivity contribution < 1.29 is 57.1 Å². The van der Waals surface area contributed by atoms with Gasteiger partial charge in [-0.3, -0.25) is 0 Å². The Kier molecular flexibility index (Phi) is 17.2. The number of H-pyrrole nitrogens is 2. The number of ether oxygens (including phenoxy) is 8. The standard InChI is InChI=1S/C64H62N4O12/c1-37(2)77-57(69)33-73-45-17-9-41(10-18-45)61-49-25-27-51(65-49)62(42-11-19-46(20-12-42)74-34-58(70)78-38(3)4)53-29-31-55(67-53)64(44-15-23-48(24-16-44)76-36-60(72)80-40(7)8)56-32-30-54(68-56)63(52-28-26-50(61)66-52)43-13-21-47(22-14-43)75-35-59(71)79-39(5)6/h9-32,37-40,65,68H,33-36H2,1-8H3. The number of rotatable bonds is 20. The normalized spacial score (nSPS) is 11.8. The highest BCUT2D eigenvalue weighted by atomic mass is 16.6. The molecular weight excluding hydrogens is 1020 g/mol. The zero-order valence-corrected chi connectivity index (χ0v) is 45.8. The third-order valence-electron chi connectivity index (χ3n) is 12.2. The summed E-state index contributed by atoms with van der Waals surface area (Å²) in [7, 11) is 0. The number of carbonyl (C=O) groups is 4. The van der Waals surface area contributed by atoms with Gasteiger partial charge >= 0.3 is 23.9 Å². The first-order valence-corrected chi connectivity index (χ1v) is 26.4. The maximum absolute atomic E-state index is 12.4. The lowest BCUT2D eigenvalue weighted by atomic mass is 10.0. The number of fused-ring (bicyclic) bond motifs is 8. The minimum atomic E-state index is -0.470. The molecule has 0 saturated carbocycles. The highest BCUT2D eigenvalue weighted by Gasteiger charge is 2.21. The van der Waals surface area contributed by atoms with Crippen LogP contribution in [0.1, 0.15) is 78.2 Å². The molecule has 2 N–H and O–H groups in total. The van der Waals surface area contributed by atoms with E-state index in [1.165, 1.54) is 0 Å². The minimum absolute atomic E-state index is 0.245. The molecule has 16 heteroatoms. The van der Waals surface area contributed by atoms with E-state index in [9.17, 15) is 19.2 Å². The lowest BCUT2D eigenvalue weighted by molar-refractivity contribution is -0.150. The van der Waals surface area contributed by atoms with Gasteiger partial charge in [0.05, 0.1) is 47.2 Å². The Hall–Kier alpha value is -9.44. The van der Waals surface area contributed by atoms with Gasteiger partial charge in [0.2, 0.25) is 0 Å². The van der Waals surface area contributed by atoms with Crippen LogP contribution in [0.5, 0.6) is 23.0 Å². The first-order valence-electron chi connectivity index (χ1n) is 26.4. The minimum Gasteiger partial charge on any atom is -0.482 e. The van der Waals surface area contributed by atoms with Crippen molar-refractivity contribution in [2.24, 2.45) is 0 Å². The van der Waals surface area contributed by atoms with Crippen molar-refractivity contribution in [3.05, 3.63) is 144 Å². The van der Waals surface area contributed by atoms with Gasteiger partial charge in [-0.25, -0.2) is 29.1 Å². The molecule has 2 aliphatic rings. The smallest absolute Gasteiger partial charge is 0.344 e. The Balaban J connectivity index is 1.25. The molecule has 0 aliphatic carbocycles. The van der Waals surface area contributed by atoms with Gasteiger partial charge in [-0.1, -0.05) is 48.5 Å². The van der Waals surface area contributed by atoms with Crippen LogP contribution >= 0.6 is 0 Å². The summed E-state index contributed by atoms with van der Waals surface area (Å²) in [6.07, 6.45) is 6.82. The summed E-state index contributed by atoms with van der Waals surface area (Å²) in [4.78, 5) is 67.9. The summed E-state index contributed by atoms with van der Waals surface area (Å²) in [5.74, 6) is 0.0492. The highest BCUT2D eigenvalue weighted by molar-refractivity contribution is 6.00. The van der Waals surface area contributed by atoms with Crippen LogP contribution in [0.3, 0.4) is 0 Å². The van der Waals surface area contributed by atoms with Crippen molar-refractivity contribution in [1.29, 1.82) is 0 Å². The second kappa shape index (κ2) is 24.9. The molecule has 16 nitrogen and oxygen atoms in total. The number of aromatic amines is 2. The number of nitrogens with one attached hydrogen (secondary N) is 2. The molecule has 9 rings (SSSR count). The van der Waals surface area contributed by atoms with Gasteiger partial charge in [-0.15, -0.1) is 0 Å². The Morgan fingerprint density at radius 3 is 0.713 bits per heavy atom. The number of carbonyl (C=O) groups excluding carboxylic acids is 4. The third-order valence-corrected chi connectivity index (χ3v) is 12.2. The van der Waals surface area contributed by atoms with Crippen LogP contribution in [0.25, 0.3) is 90.9 Å². The summed E-state index contributed by atoms with van der Waals surface area (Å²) in [6, 6.07) is 37.8. The van der Waals surface area contributed by atoms with E-state index in [1.807, 2.05) is 97.1 Å². The maximum Gasteiger partial charge on any atom is 0.344 e. The molecule has 4 aromatic carbocycles. The van der Waals surface area contributed by atoms with Crippen molar-refractivity contribution in [2.75, 3.05) is 26.4 Å². The van der Waals surface area contributed by atoms with Crippen LogP contribution in [0.2, 0.25) is 0 Å². The molecule has 7 aromatic rings. The average molecular weight is 1080 g/mol. The van der Waals surface area contributed by atoms with Gasteiger partial charge in [0.1, 0.15) is 23.0 Å². The maximum atomic E-state index is 12.4. The Morgan fingerprint density at radius 1 is 0.325 bits per heavy atom. The second-order valence-electron chi connectivity index (χ2n) is 19.9. The van der Waals surface area contributed by atoms with Crippen molar-refractivity contribution >= 4 is 70.2 Å². The molecule has 410 valence electrons. The average Bonchev–Trinajstić information content (AvgIpc) is 4.31. The summed E-state index contributed by atoms with van der Waals surface area (Å²) < 4.78 is 44.5. The molecule has 0 radical (unpaired) electrons. The number of esters is 4. The van der Waals surface area contributed by atoms with E-state index in [2.05, 4.69) is 9.97 Å². The summed E-state index contributed by atoms with van der Waals surface area (Å²) in [5.41, 5.74) is 11.9. The van der Waals surface area contributed by atoms with Crippen molar-refractivity contribution in [3.63, 3.8) is 0 Å². The number of aromatic nitrogens is 4. The Labute approximate surface area is 463 Å². The van der Waals surface area contributed by atoms with E-state index >= 15 is 0 Å². The lowest BCUT2D eigenvalue weighted by Crippen LogP contribution is -2.18. The topological polar surface area (TPSA) is 199 Å². The Bertz CT molecular complexity index is 3160. The number of nitrogens with zero attached hydrogens (tertiary/aromatic N) is 2. The molecule has 2 aliphatic heterocycles. The van der Waals surface area contributed by atoms with E-state index in [1.54, 1.807) is 104 Å². The molecule has 5 heterocycles. The van der Waals surface area contributed by atoms with E-state index in [4.69, 9.17) is 47.9 Å². The molecule has 0 amide bonds. The van der Waals surface area contributed by atoms with Crippen molar-refractivity contribution in [3.8, 4) is 67.5 Å². The van der Waals surface area contributed by atoms with Crippen LogP contribution in [0.15, 0.2) is 121 Å². The van der Waals surface area contributed by atoms with Gasteiger partial charge in [-0.05, 0) is 175 Å². The summed E-state index contributed by atoms with van der Waals surface area (Å²) in [5, 5.41) is 0. The van der Waals surface area contributed by atoms with Crippen LogP contribution in [-0.2, 0) is 38.1 Å². The molecule has 80 heavy (non-hydrogen) atoms. The number of hydrogen-bond donors (Lipinski definition) is 2. The van der Waals surface area contributed by atoms with Gasteiger partial charge in [0, 0.05) is 44.3 Å². The molecule has 3 aromatic heterocycles. The van der Waals surface area contributed by atoms with Crippen LogP contribution in [0, 0.1) is 0 Å². The van der Waals surface area contributed by atoms with Crippen LogP contribution < -0.4 is 18.9 Å². The molecule has 0 unspecified atom stereocenters. The zero-order chi connectivity index (χ0) is 56.5. The zero-order valence-electron chi connectivity index (χ0n) is 45.8. The first kappa shape index (κ1) is 55.3. The quantitative estimate of drug-likeness (QED) is 0.0539. The molecule has 8 bridgehead atoms. The van der Waals surface area contributed by atoms with Gasteiger partial charge in [0.15, 0.2) is 26.4 Å². The van der Waals surface area contributed by atoms with Gasteiger partial charge < -0.3 is 47.9 Å². The number of hydrogen-bond acceptors (Lipinski definition) is 14. The van der Waals surface area contributed by atoms with E-state index in [-0.39, 0.29) is 50.8 Å². The van der Waals surface area contributed by atoms with E-state index < -0.39 is 23.9 Å². The second-order valence-corrected chi connectivity index (χ2v) is 19.9. The van der Waals surface area contributed by atoms with Crippen LogP contribution in [0.4, 0.5) is 0 Å². The predicted octanol–water partition coefficient (Wildman–Crippen LogP) is 12.6. The fourth-order valence-electron chi connectivity index (χ4n) is 9.05. The fraction of sp³-hybridized carbons (Fsp3) is 0.250. The van der Waals surface area contributed by atoms with Crippen LogP contribution in [-0.4, -0.2) is 94.7 Å². The molecular formula is C64H62N4O12. The summed E-state index contributed by atoms with van der Waals surface area (Å²) in [6.45, 7) is 13.3. The largest absolute Gasteiger partial charge is 0.482 e. The molecule has 0 saturated heterocycles. The van der Waals surface area contributed by atoms with Gasteiger partial charge in [-0.2, -0.15) is 0 Å². The molecule has 0 atom stereocenters. The fourth-order valence-corrected chi connectivity index (χ4v) is 9.05. The number of benzene rings is 4. The van der Waals surface area contributed by atoms with E-state index in [0.717, 1.165) is 66.6 Å². The van der Waals surface area contributed by atoms with Crippen molar-refractivity contribution in [2.45, 2.75) is 79.8 Å². The predicted molar refractivity (Wildman–Crippen MR) is 307 cm³/mol. The van der Waals surface area contributed by atoms with Crippen molar-refractivity contribution in [1.82, 2.24) is 19.9 Å². The lowest BCUT2D eigenvalue weighted by Gasteiger charge is -2.11. The summed E-state index contributed by atoms with van der Waals surface area (Å²) >= 11 is 0. The monoisotopic (exact) mass is 1080 g/mol. The SMILES string of the molecule is CC(C)OC(=O)COc1ccc(-c2c3nc(c(-c4ccc(OCC(=O)OC(C)C)cc4)c4ccc([nH]4)c(-c4ccc(OCC(=O)OC(C)C)cc4)c4nc(c(-c5ccc(OCC(=O)OC(C)C)cc5)c5ccc2[nH]5)C=C4)C=C3)cc1. The molecule has 0 spiro atoms. The third kappa shape index (κ3) is 13.8. The molecule has 0 fully saturated rings. The van der Waals surface area contributed by atoms with Gasteiger partial charge in [0.25, 0.3) is 0 Å². The highest BCUT2D eigenvalue weighted by Crippen LogP contribution is 2.40. The van der Waals surface area contributed by atoms with E-state index in [0.29, 0.717) is 45.8 Å².